The normalized spacial score (nSPS) is 16.4. The van der Waals surface area contributed by atoms with Crippen molar-refractivity contribution in [3.63, 3.8) is 0 Å². The standard InChI is InChI=1S/C49H41N5/c1-47(2)35-25-23-32(29-42(35)54-44-37(47)18-11-19-38(44)49(5,6)40-21-13-27-51-46(40)54)52(30-14-8-7-9-15-30)31-22-24-33-34-16-10-17-36-43(34)53(41(33)28-31)45-39(48(36,3)4)20-12-26-50-45/h7-29H,1-6H3. The van der Waals surface area contributed by atoms with E-state index in [2.05, 4.69) is 183 Å². The van der Waals surface area contributed by atoms with Crippen LogP contribution in [0.2, 0.25) is 0 Å². The molecule has 0 bridgehead atoms. The van der Waals surface area contributed by atoms with Crippen LogP contribution in [0.25, 0.3) is 27.6 Å². The summed E-state index contributed by atoms with van der Waals surface area (Å²) in [6, 6.07) is 47.0. The summed E-state index contributed by atoms with van der Waals surface area (Å²) in [6.45, 7) is 14.1. The molecule has 0 aliphatic carbocycles. The Morgan fingerprint density at radius 1 is 0.463 bits per heavy atom. The van der Waals surface area contributed by atoms with Crippen molar-refractivity contribution in [1.29, 1.82) is 0 Å². The van der Waals surface area contributed by atoms with Crippen LogP contribution in [0, 0.1) is 0 Å². The van der Waals surface area contributed by atoms with E-state index in [9.17, 15) is 0 Å². The van der Waals surface area contributed by atoms with Gasteiger partial charge in [0.2, 0.25) is 0 Å². The van der Waals surface area contributed by atoms with Crippen LogP contribution in [0.5, 0.6) is 0 Å². The molecule has 0 fully saturated rings. The monoisotopic (exact) mass is 699 g/mol. The number of hydrogen-bond donors (Lipinski definition) is 0. The van der Waals surface area contributed by atoms with Crippen LogP contribution < -0.4 is 9.80 Å². The molecule has 262 valence electrons. The van der Waals surface area contributed by atoms with Crippen molar-refractivity contribution in [3.8, 4) is 5.82 Å². The van der Waals surface area contributed by atoms with Crippen molar-refractivity contribution in [2.24, 2.45) is 0 Å². The molecule has 5 aromatic carbocycles. The van der Waals surface area contributed by atoms with Crippen LogP contribution in [0.4, 0.5) is 34.3 Å². The van der Waals surface area contributed by atoms with Gasteiger partial charge in [0.15, 0.2) is 0 Å². The summed E-state index contributed by atoms with van der Waals surface area (Å²) in [6.07, 6.45) is 3.86. The number of pyridine rings is 2. The van der Waals surface area contributed by atoms with Gasteiger partial charge in [-0.2, -0.15) is 0 Å². The van der Waals surface area contributed by atoms with Gasteiger partial charge >= 0.3 is 0 Å². The third-order valence-electron chi connectivity index (χ3n) is 12.8. The van der Waals surface area contributed by atoms with Crippen molar-refractivity contribution in [3.05, 3.63) is 173 Å². The Kier molecular flexibility index (Phi) is 6.08. The average molecular weight is 700 g/mol. The van der Waals surface area contributed by atoms with Crippen molar-refractivity contribution >= 4 is 56.1 Å². The van der Waals surface area contributed by atoms with E-state index in [0.717, 1.165) is 34.2 Å². The van der Waals surface area contributed by atoms with Gasteiger partial charge in [-0.15, -0.1) is 0 Å². The first-order valence-corrected chi connectivity index (χ1v) is 19.0. The summed E-state index contributed by atoms with van der Waals surface area (Å²) < 4.78 is 2.40. The third-order valence-corrected chi connectivity index (χ3v) is 12.8. The zero-order valence-electron chi connectivity index (χ0n) is 31.5. The molecular weight excluding hydrogens is 659 g/mol. The first kappa shape index (κ1) is 31.3. The zero-order chi connectivity index (χ0) is 36.7. The van der Waals surface area contributed by atoms with Gasteiger partial charge in [-0.1, -0.05) is 120 Å². The second kappa shape index (κ2) is 10.5. The molecule has 11 rings (SSSR count). The molecule has 5 nitrogen and oxygen atoms in total. The first-order valence-electron chi connectivity index (χ1n) is 19.0. The van der Waals surface area contributed by atoms with Crippen LogP contribution in [-0.2, 0) is 16.2 Å². The van der Waals surface area contributed by atoms with Crippen LogP contribution in [-0.4, -0.2) is 14.5 Å². The Labute approximate surface area is 316 Å². The molecule has 6 heterocycles. The molecule has 0 N–H and O–H groups in total. The second-order valence-corrected chi connectivity index (χ2v) is 16.8. The topological polar surface area (TPSA) is 37.2 Å². The Bertz CT molecular complexity index is 2860. The van der Waals surface area contributed by atoms with Crippen molar-refractivity contribution < 1.29 is 0 Å². The minimum atomic E-state index is -0.213. The minimum absolute atomic E-state index is 0.168. The van der Waals surface area contributed by atoms with E-state index in [1.54, 1.807) is 0 Å². The number of nitrogens with zero attached hydrogens (tertiary/aromatic N) is 5. The number of fused-ring (bicyclic) bond motifs is 9. The Balaban J connectivity index is 1.17. The van der Waals surface area contributed by atoms with E-state index in [1.807, 2.05) is 12.4 Å². The molecule has 0 saturated carbocycles. The molecule has 3 aliphatic rings. The number of anilines is 6. The van der Waals surface area contributed by atoms with E-state index in [0.29, 0.717) is 0 Å². The largest absolute Gasteiger partial charge is 0.310 e. The van der Waals surface area contributed by atoms with Gasteiger partial charge in [0.05, 0.1) is 22.4 Å². The maximum atomic E-state index is 5.10. The maximum absolute atomic E-state index is 5.10. The van der Waals surface area contributed by atoms with Gasteiger partial charge in [-0.3, -0.25) is 9.47 Å². The van der Waals surface area contributed by atoms with Crippen molar-refractivity contribution in [1.82, 2.24) is 14.5 Å². The molecule has 0 radical (unpaired) electrons. The highest BCUT2D eigenvalue weighted by molar-refractivity contribution is 6.12. The number of aromatic nitrogens is 3. The molecule has 0 spiro atoms. The Morgan fingerprint density at radius 2 is 1.06 bits per heavy atom. The summed E-state index contributed by atoms with van der Waals surface area (Å²) in [7, 11) is 0. The van der Waals surface area contributed by atoms with Crippen LogP contribution in [0.15, 0.2) is 140 Å². The highest BCUT2D eigenvalue weighted by Gasteiger charge is 2.46. The maximum Gasteiger partial charge on any atom is 0.141 e. The lowest BCUT2D eigenvalue weighted by Crippen LogP contribution is -2.38. The molecule has 3 aromatic heterocycles. The average Bonchev–Trinajstić information content (AvgIpc) is 3.51. The molecule has 8 aromatic rings. The van der Waals surface area contributed by atoms with Gasteiger partial charge < -0.3 is 4.90 Å². The number of hydrogen-bond acceptors (Lipinski definition) is 4. The molecule has 3 aliphatic heterocycles. The third kappa shape index (κ3) is 3.89. The smallest absolute Gasteiger partial charge is 0.141 e. The van der Waals surface area contributed by atoms with Gasteiger partial charge in [-0.05, 0) is 70.8 Å². The lowest BCUT2D eigenvalue weighted by Gasteiger charge is -2.48. The SMILES string of the molecule is CC1(C)c2ccc(N(c3ccccc3)c3ccc4c5cccc6c5n(c4c3)-c3ncccc3C6(C)C)cc2N2c3ncccc3C(C)(C)c3cccc1c32. The highest BCUT2D eigenvalue weighted by Crippen LogP contribution is 2.60. The predicted molar refractivity (Wildman–Crippen MR) is 222 cm³/mol. The molecule has 0 saturated heterocycles. The predicted octanol–water partition coefficient (Wildman–Crippen LogP) is 12.4. The summed E-state index contributed by atoms with van der Waals surface area (Å²) in [5, 5.41) is 2.49. The van der Waals surface area contributed by atoms with E-state index < -0.39 is 0 Å². The Hall–Kier alpha value is -6.20. The fourth-order valence-electron chi connectivity index (χ4n) is 10.0. The fourth-order valence-corrected chi connectivity index (χ4v) is 10.0. The first-order chi connectivity index (χ1) is 26.1. The number of rotatable bonds is 3. The molecule has 0 amide bonds. The zero-order valence-corrected chi connectivity index (χ0v) is 31.5. The van der Waals surface area contributed by atoms with Gasteiger partial charge in [0, 0.05) is 67.6 Å². The van der Waals surface area contributed by atoms with Crippen molar-refractivity contribution in [2.75, 3.05) is 9.80 Å². The number of benzene rings is 5. The summed E-state index contributed by atoms with van der Waals surface area (Å²) >= 11 is 0. The molecule has 5 heteroatoms. The lowest BCUT2D eigenvalue weighted by molar-refractivity contribution is 0.594. The van der Waals surface area contributed by atoms with E-state index in [1.165, 1.54) is 61.0 Å². The van der Waals surface area contributed by atoms with Crippen LogP contribution in [0.3, 0.4) is 0 Å². The Morgan fingerprint density at radius 3 is 1.81 bits per heavy atom. The summed E-state index contributed by atoms with van der Waals surface area (Å²) in [4.78, 5) is 15.0. The van der Waals surface area contributed by atoms with E-state index in [4.69, 9.17) is 9.97 Å². The van der Waals surface area contributed by atoms with Gasteiger partial charge in [0.1, 0.15) is 11.6 Å². The lowest BCUT2D eigenvalue weighted by atomic mass is 9.67. The summed E-state index contributed by atoms with van der Waals surface area (Å²) in [5.41, 5.74) is 15.3. The van der Waals surface area contributed by atoms with Crippen molar-refractivity contribution in [2.45, 2.75) is 57.8 Å². The fraction of sp³-hybridized carbons (Fsp3) is 0.184. The van der Waals surface area contributed by atoms with E-state index in [-0.39, 0.29) is 16.2 Å². The summed E-state index contributed by atoms with van der Waals surface area (Å²) in [5.74, 6) is 2.02. The van der Waals surface area contributed by atoms with Gasteiger partial charge in [0.25, 0.3) is 0 Å². The molecule has 54 heavy (non-hydrogen) atoms. The van der Waals surface area contributed by atoms with Gasteiger partial charge in [-0.25, -0.2) is 9.97 Å². The van der Waals surface area contributed by atoms with E-state index >= 15 is 0 Å². The van der Waals surface area contributed by atoms with Crippen LogP contribution >= 0.6 is 0 Å². The molecule has 0 unspecified atom stereocenters. The molecular formula is C49H41N5. The molecule has 0 atom stereocenters. The number of para-hydroxylation sites is 3. The van der Waals surface area contributed by atoms with Crippen LogP contribution in [0.1, 0.15) is 74.9 Å². The quantitative estimate of drug-likeness (QED) is 0.184. The highest BCUT2D eigenvalue weighted by atomic mass is 15.2. The minimum Gasteiger partial charge on any atom is -0.310 e. The second-order valence-electron chi connectivity index (χ2n) is 16.8.